The maximum atomic E-state index is 12.5. The molecule has 2 atom stereocenters. The summed E-state index contributed by atoms with van der Waals surface area (Å²) in [7, 11) is 0. The minimum absolute atomic E-state index is 0.0597. The Labute approximate surface area is 136 Å². The Morgan fingerprint density at radius 3 is 2.68 bits per heavy atom. The summed E-state index contributed by atoms with van der Waals surface area (Å²) in [6.45, 7) is 4.66. The first-order valence-corrected chi connectivity index (χ1v) is 9.01. The number of hydrogen-bond donors (Lipinski definition) is 2. The number of likely N-dealkylation sites (tertiary alicyclic amines) is 1. The van der Waals surface area contributed by atoms with Gasteiger partial charge in [0.1, 0.15) is 0 Å². The van der Waals surface area contributed by atoms with Crippen molar-refractivity contribution >= 4 is 17.7 Å². The van der Waals surface area contributed by atoms with Crippen LogP contribution in [0.5, 0.6) is 0 Å². The van der Waals surface area contributed by atoms with Crippen LogP contribution in [0, 0.1) is 6.92 Å². The van der Waals surface area contributed by atoms with Crippen molar-refractivity contribution in [2.24, 2.45) is 5.73 Å². The van der Waals surface area contributed by atoms with Crippen molar-refractivity contribution in [2.45, 2.75) is 48.4 Å². The Morgan fingerprint density at radius 1 is 1.32 bits per heavy atom. The molecular weight excluding hydrogens is 294 g/mol. The topological polar surface area (TPSA) is 58.4 Å². The molecule has 22 heavy (non-hydrogen) atoms. The molecule has 0 spiro atoms. The quantitative estimate of drug-likeness (QED) is 0.891. The summed E-state index contributed by atoms with van der Waals surface area (Å²) in [5.41, 5.74) is 7.22. The summed E-state index contributed by atoms with van der Waals surface area (Å²) in [4.78, 5) is 15.9. The minimum atomic E-state index is -0.0597. The van der Waals surface area contributed by atoms with Gasteiger partial charge in [0.25, 0.3) is 0 Å². The van der Waals surface area contributed by atoms with E-state index in [-0.39, 0.29) is 18.0 Å². The Balaban J connectivity index is 1.50. The van der Waals surface area contributed by atoms with E-state index in [0.29, 0.717) is 5.25 Å². The molecule has 0 aromatic heterocycles. The zero-order valence-electron chi connectivity index (χ0n) is 13.1. The lowest BCUT2D eigenvalue weighted by atomic mass is 10.1. The van der Waals surface area contributed by atoms with E-state index in [1.165, 1.54) is 10.5 Å². The number of nitrogens with one attached hydrogen (secondary N) is 1. The molecule has 2 aliphatic heterocycles. The van der Waals surface area contributed by atoms with Crippen molar-refractivity contribution in [3.8, 4) is 0 Å². The first-order chi connectivity index (χ1) is 10.6. The summed E-state index contributed by atoms with van der Waals surface area (Å²) in [5.74, 6) is 0.243. The van der Waals surface area contributed by atoms with Crippen molar-refractivity contribution in [2.75, 3.05) is 19.6 Å². The molecule has 3 N–H and O–H groups in total. The second-order valence-corrected chi connectivity index (χ2v) is 7.71. The van der Waals surface area contributed by atoms with E-state index in [9.17, 15) is 4.79 Å². The van der Waals surface area contributed by atoms with Crippen molar-refractivity contribution in [3.05, 3.63) is 29.8 Å². The van der Waals surface area contributed by atoms with Crippen molar-refractivity contribution in [3.63, 3.8) is 0 Å². The molecular formula is C17H25N3OS. The predicted molar refractivity (Wildman–Crippen MR) is 91.0 cm³/mol. The van der Waals surface area contributed by atoms with E-state index in [1.807, 2.05) is 16.7 Å². The van der Waals surface area contributed by atoms with Gasteiger partial charge in [-0.2, -0.15) is 0 Å². The predicted octanol–water partition coefficient (Wildman–Crippen LogP) is 1.77. The van der Waals surface area contributed by atoms with E-state index in [2.05, 4.69) is 36.5 Å². The third-order valence-corrected chi connectivity index (χ3v) is 6.12. The van der Waals surface area contributed by atoms with Gasteiger partial charge in [-0.15, -0.1) is 11.8 Å². The number of piperidine rings is 1. The molecule has 1 amide bonds. The van der Waals surface area contributed by atoms with Crippen LogP contribution < -0.4 is 11.1 Å². The smallest absolute Gasteiger partial charge is 0.239 e. The average molecular weight is 319 g/mol. The molecule has 0 radical (unpaired) electrons. The largest absolute Gasteiger partial charge is 0.341 e. The number of aryl methyl sites for hydroxylation is 1. The van der Waals surface area contributed by atoms with Gasteiger partial charge in [-0.05, 0) is 37.8 Å². The van der Waals surface area contributed by atoms with Crippen molar-refractivity contribution < 1.29 is 4.79 Å². The van der Waals surface area contributed by atoms with Crippen LogP contribution in [0.3, 0.4) is 0 Å². The fourth-order valence-corrected chi connectivity index (χ4v) is 4.45. The van der Waals surface area contributed by atoms with Crippen molar-refractivity contribution in [1.82, 2.24) is 10.2 Å². The number of amides is 1. The lowest BCUT2D eigenvalue weighted by Gasteiger charge is -2.33. The molecule has 2 fully saturated rings. The average Bonchev–Trinajstić information content (AvgIpc) is 2.96. The van der Waals surface area contributed by atoms with E-state index in [1.54, 1.807) is 0 Å². The highest BCUT2D eigenvalue weighted by Gasteiger charge is 2.32. The third-order valence-electron chi connectivity index (χ3n) is 4.60. The molecule has 3 rings (SSSR count). The second kappa shape index (κ2) is 7.02. The van der Waals surface area contributed by atoms with Gasteiger partial charge >= 0.3 is 0 Å². The Hall–Kier alpha value is -1.04. The Kier molecular flexibility index (Phi) is 5.06. The number of nitrogens with two attached hydrogens (primary N) is 1. The maximum Gasteiger partial charge on any atom is 0.239 e. The Morgan fingerprint density at radius 2 is 2.05 bits per heavy atom. The highest BCUT2D eigenvalue weighted by Crippen LogP contribution is 2.32. The van der Waals surface area contributed by atoms with Crippen LogP contribution in [0.4, 0.5) is 0 Å². The normalized spacial score (nSPS) is 26.4. The molecule has 2 aliphatic rings. The lowest BCUT2D eigenvalue weighted by molar-refractivity contribution is -0.133. The fourth-order valence-electron chi connectivity index (χ4n) is 3.23. The van der Waals surface area contributed by atoms with Crippen LogP contribution in [0.15, 0.2) is 29.2 Å². The van der Waals surface area contributed by atoms with Gasteiger partial charge in [0.15, 0.2) is 0 Å². The second-order valence-electron chi connectivity index (χ2n) is 6.36. The van der Waals surface area contributed by atoms with Crippen LogP contribution in [-0.2, 0) is 4.79 Å². The number of benzene rings is 1. The summed E-state index contributed by atoms with van der Waals surface area (Å²) >= 11 is 1.96. The molecule has 1 aromatic carbocycles. The molecule has 2 saturated heterocycles. The fraction of sp³-hybridized carbons (Fsp3) is 0.588. The zero-order chi connectivity index (χ0) is 15.5. The van der Waals surface area contributed by atoms with E-state index < -0.39 is 0 Å². The highest BCUT2D eigenvalue weighted by molar-refractivity contribution is 8.00. The van der Waals surface area contributed by atoms with E-state index >= 15 is 0 Å². The first-order valence-electron chi connectivity index (χ1n) is 8.13. The summed E-state index contributed by atoms with van der Waals surface area (Å²) in [6, 6.07) is 8.61. The number of rotatable bonds is 3. The van der Waals surface area contributed by atoms with Crippen LogP contribution in [0.1, 0.15) is 24.8 Å². The Bertz CT molecular complexity index is 528. The standard InChI is InChI=1S/C17H25N3OS/c1-12-4-2-3-5-16(12)22-14-6-8-20(9-7-14)17(21)15-10-13(18)11-19-15/h2-5,13-15,19H,6-11,18H2,1H3/t13-,15+/m1/s1. The summed E-state index contributed by atoms with van der Waals surface area (Å²) in [6.07, 6.45) is 2.92. The molecule has 0 aliphatic carbocycles. The van der Waals surface area contributed by atoms with Gasteiger partial charge in [-0.25, -0.2) is 0 Å². The van der Waals surface area contributed by atoms with E-state index in [4.69, 9.17) is 5.73 Å². The summed E-state index contributed by atoms with van der Waals surface area (Å²) in [5, 5.41) is 3.86. The van der Waals surface area contributed by atoms with Gasteiger partial charge in [-0.1, -0.05) is 18.2 Å². The molecule has 0 bridgehead atoms. The monoisotopic (exact) mass is 319 g/mol. The number of nitrogens with zero attached hydrogens (tertiary/aromatic N) is 1. The molecule has 1 aromatic rings. The van der Waals surface area contributed by atoms with Gasteiger partial charge < -0.3 is 16.0 Å². The van der Waals surface area contributed by atoms with Gasteiger partial charge in [0.05, 0.1) is 6.04 Å². The van der Waals surface area contributed by atoms with Crippen LogP contribution in [0.25, 0.3) is 0 Å². The highest BCUT2D eigenvalue weighted by atomic mass is 32.2. The molecule has 0 saturated carbocycles. The number of carbonyl (C=O) groups is 1. The van der Waals surface area contributed by atoms with Crippen LogP contribution in [-0.4, -0.2) is 47.8 Å². The van der Waals surface area contributed by atoms with Crippen molar-refractivity contribution in [1.29, 1.82) is 0 Å². The first kappa shape index (κ1) is 15.8. The lowest BCUT2D eigenvalue weighted by Crippen LogP contribution is -2.47. The molecule has 5 heteroatoms. The number of thioether (sulfide) groups is 1. The van der Waals surface area contributed by atoms with Gasteiger partial charge in [0, 0.05) is 35.8 Å². The molecule has 0 unspecified atom stereocenters. The molecule has 120 valence electrons. The molecule has 2 heterocycles. The number of carbonyl (C=O) groups excluding carboxylic acids is 1. The van der Waals surface area contributed by atoms with E-state index in [0.717, 1.165) is 38.9 Å². The third kappa shape index (κ3) is 3.65. The molecule has 4 nitrogen and oxygen atoms in total. The van der Waals surface area contributed by atoms with Crippen LogP contribution in [0.2, 0.25) is 0 Å². The maximum absolute atomic E-state index is 12.5. The van der Waals surface area contributed by atoms with Gasteiger partial charge in [-0.3, -0.25) is 4.79 Å². The zero-order valence-corrected chi connectivity index (χ0v) is 13.9. The summed E-state index contributed by atoms with van der Waals surface area (Å²) < 4.78 is 0. The number of hydrogen-bond acceptors (Lipinski definition) is 4. The SMILES string of the molecule is Cc1ccccc1SC1CCN(C(=O)[C@@H]2C[C@@H](N)CN2)CC1. The minimum Gasteiger partial charge on any atom is -0.341 e. The van der Waals surface area contributed by atoms with Gasteiger partial charge in [0.2, 0.25) is 5.91 Å². The van der Waals surface area contributed by atoms with Crippen LogP contribution >= 0.6 is 11.8 Å².